The molecule has 0 heterocycles. The Bertz CT molecular complexity index is 752. The van der Waals surface area contributed by atoms with E-state index in [1.54, 1.807) is 25.3 Å². The highest BCUT2D eigenvalue weighted by Gasteiger charge is 2.17. The predicted molar refractivity (Wildman–Crippen MR) is 102 cm³/mol. The summed E-state index contributed by atoms with van der Waals surface area (Å²) in [5.74, 6) is -0.360. The van der Waals surface area contributed by atoms with E-state index in [-0.39, 0.29) is 17.2 Å². The first kappa shape index (κ1) is 20.3. The first-order chi connectivity index (χ1) is 13.1. The maximum Gasteiger partial charge on any atom is 0.293 e. The van der Waals surface area contributed by atoms with Crippen LogP contribution in [0.3, 0.4) is 0 Å². The summed E-state index contributed by atoms with van der Waals surface area (Å²) in [6.07, 6.45) is 0.644. The molecule has 2 N–H and O–H groups in total. The number of rotatable bonds is 11. The molecule has 8 heteroatoms. The number of carbonyl (C=O) groups is 1. The Hall–Kier alpha value is -2.97. The number of methoxy groups -OCH3 is 1. The molecule has 8 nitrogen and oxygen atoms in total. The van der Waals surface area contributed by atoms with E-state index in [9.17, 15) is 14.9 Å². The quantitative estimate of drug-likeness (QED) is 0.356. The average molecular weight is 373 g/mol. The summed E-state index contributed by atoms with van der Waals surface area (Å²) in [5, 5.41) is 17.1. The van der Waals surface area contributed by atoms with Gasteiger partial charge in [0.2, 0.25) is 0 Å². The molecule has 0 aliphatic carbocycles. The molecule has 0 aliphatic heterocycles. The molecule has 1 amide bonds. The molecule has 144 valence electrons. The maximum absolute atomic E-state index is 12.2. The monoisotopic (exact) mass is 373 g/mol. The molecule has 27 heavy (non-hydrogen) atoms. The van der Waals surface area contributed by atoms with Gasteiger partial charge in [-0.05, 0) is 30.7 Å². The Morgan fingerprint density at radius 3 is 2.59 bits per heavy atom. The lowest BCUT2D eigenvalue weighted by atomic mass is 10.1. The van der Waals surface area contributed by atoms with Crippen LogP contribution in [0.15, 0.2) is 48.5 Å². The van der Waals surface area contributed by atoms with Gasteiger partial charge < -0.3 is 20.1 Å². The van der Waals surface area contributed by atoms with E-state index in [2.05, 4.69) is 10.6 Å². The van der Waals surface area contributed by atoms with Gasteiger partial charge in [-0.25, -0.2) is 0 Å². The minimum Gasteiger partial charge on any atom is -0.382 e. The van der Waals surface area contributed by atoms with E-state index in [0.717, 1.165) is 5.69 Å². The number of amides is 1. The van der Waals surface area contributed by atoms with Gasteiger partial charge in [-0.3, -0.25) is 14.9 Å². The number of anilines is 2. The van der Waals surface area contributed by atoms with Crippen LogP contribution in [0.1, 0.15) is 16.8 Å². The maximum atomic E-state index is 12.2. The van der Waals surface area contributed by atoms with Crippen LogP contribution in [-0.4, -0.2) is 44.3 Å². The number of hydrogen-bond donors (Lipinski definition) is 2. The molecule has 0 saturated carbocycles. The SMILES string of the molecule is COCCOCCCNC(=O)c1ccc(Nc2ccccc2)c([N+](=O)[O-])c1. The molecule has 0 aromatic heterocycles. The first-order valence-corrected chi connectivity index (χ1v) is 8.57. The van der Waals surface area contributed by atoms with Crippen molar-refractivity contribution < 1.29 is 19.2 Å². The smallest absolute Gasteiger partial charge is 0.293 e. The summed E-state index contributed by atoms with van der Waals surface area (Å²) in [7, 11) is 1.60. The second-order valence-corrected chi connectivity index (χ2v) is 5.69. The molecular formula is C19H23N3O5. The Morgan fingerprint density at radius 2 is 1.89 bits per heavy atom. The van der Waals surface area contributed by atoms with Gasteiger partial charge in [0.15, 0.2) is 0 Å². The van der Waals surface area contributed by atoms with Crippen LogP contribution in [0, 0.1) is 10.1 Å². The van der Waals surface area contributed by atoms with E-state index in [0.29, 0.717) is 38.5 Å². The van der Waals surface area contributed by atoms with Crippen molar-refractivity contribution in [1.29, 1.82) is 0 Å². The highest BCUT2D eigenvalue weighted by molar-refractivity contribution is 5.95. The van der Waals surface area contributed by atoms with Crippen molar-refractivity contribution in [2.75, 3.05) is 38.8 Å². The number of benzene rings is 2. The zero-order valence-electron chi connectivity index (χ0n) is 15.1. The minimum atomic E-state index is -0.508. The number of ether oxygens (including phenoxy) is 2. The van der Waals surface area contributed by atoms with Crippen LogP contribution < -0.4 is 10.6 Å². The van der Waals surface area contributed by atoms with Crippen molar-refractivity contribution >= 4 is 23.0 Å². The van der Waals surface area contributed by atoms with Crippen LogP contribution in [0.2, 0.25) is 0 Å². The molecule has 0 radical (unpaired) electrons. The van der Waals surface area contributed by atoms with E-state index in [1.807, 2.05) is 18.2 Å². The summed E-state index contributed by atoms with van der Waals surface area (Å²) in [6.45, 7) is 1.96. The zero-order valence-corrected chi connectivity index (χ0v) is 15.1. The molecular weight excluding hydrogens is 350 g/mol. The average Bonchev–Trinajstić information content (AvgIpc) is 2.68. The molecule has 0 saturated heterocycles. The molecule has 0 unspecified atom stereocenters. The summed E-state index contributed by atoms with van der Waals surface area (Å²) >= 11 is 0. The van der Waals surface area contributed by atoms with Crippen molar-refractivity contribution in [1.82, 2.24) is 5.32 Å². The van der Waals surface area contributed by atoms with E-state index >= 15 is 0 Å². The molecule has 2 rings (SSSR count). The largest absolute Gasteiger partial charge is 0.382 e. The summed E-state index contributed by atoms with van der Waals surface area (Å²) < 4.78 is 10.2. The first-order valence-electron chi connectivity index (χ1n) is 8.57. The number of nitrogens with zero attached hydrogens (tertiary/aromatic N) is 1. The Morgan fingerprint density at radius 1 is 1.11 bits per heavy atom. The van der Waals surface area contributed by atoms with Crippen molar-refractivity contribution in [3.63, 3.8) is 0 Å². The van der Waals surface area contributed by atoms with Gasteiger partial charge in [0.05, 0.1) is 18.1 Å². The molecule has 0 atom stereocenters. The van der Waals surface area contributed by atoms with Crippen LogP contribution >= 0.6 is 0 Å². The van der Waals surface area contributed by atoms with Gasteiger partial charge in [0.25, 0.3) is 11.6 Å². The van der Waals surface area contributed by atoms with Gasteiger partial charge in [-0.1, -0.05) is 18.2 Å². The Labute approximate surface area is 157 Å². The van der Waals surface area contributed by atoms with Crippen LogP contribution in [0.4, 0.5) is 17.1 Å². The lowest BCUT2D eigenvalue weighted by Crippen LogP contribution is -2.25. The summed E-state index contributed by atoms with van der Waals surface area (Å²) in [4.78, 5) is 23.1. The number of carbonyl (C=O) groups excluding carboxylic acids is 1. The molecule has 0 bridgehead atoms. The van der Waals surface area contributed by atoms with Crippen molar-refractivity contribution in [3.05, 3.63) is 64.2 Å². The fourth-order valence-corrected chi connectivity index (χ4v) is 2.33. The third-order valence-electron chi connectivity index (χ3n) is 3.69. The molecule has 2 aromatic rings. The van der Waals surface area contributed by atoms with E-state index in [1.165, 1.54) is 12.1 Å². The van der Waals surface area contributed by atoms with Crippen LogP contribution in [0.5, 0.6) is 0 Å². The third-order valence-corrected chi connectivity index (χ3v) is 3.69. The van der Waals surface area contributed by atoms with E-state index < -0.39 is 4.92 Å². The lowest BCUT2D eigenvalue weighted by molar-refractivity contribution is -0.383. The normalized spacial score (nSPS) is 10.4. The van der Waals surface area contributed by atoms with Gasteiger partial charge in [0, 0.05) is 37.6 Å². The van der Waals surface area contributed by atoms with Crippen molar-refractivity contribution in [3.8, 4) is 0 Å². The minimum absolute atomic E-state index is 0.158. The van der Waals surface area contributed by atoms with Gasteiger partial charge >= 0.3 is 0 Å². The predicted octanol–water partition coefficient (Wildman–Crippen LogP) is 3.12. The zero-order chi connectivity index (χ0) is 19.5. The Balaban J connectivity index is 1.94. The Kier molecular flexibility index (Phi) is 8.21. The fourth-order valence-electron chi connectivity index (χ4n) is 2.33. The van der Waals surface area contributed by atoms with Crippen molar-refractivity contribution in [2.24, 2.45) is 0 Å². The van der Waals surface area contributed by atoms with Gasteiger partial charge in [0.1, 0.15) is 5.69 Å². The topological polar surface area (TPSA) is 103 Å². The highest BCUT2D eigenvalue weighted by Crippen LogP contribution is 2.28. The number of nitro benzene ring substituents is 1. The lowest BCUT2D eigenvalue weighted by Gasteiger charge is -2.09. The molecule has 0 fully saturated rings. The van der Waals surface area contributed by atoms with Crippen molar-refractivity contribution in [2.45, 2.75) is 6.42 Å². The van der Waals surface area contributed by atoms with Crippen LogP contribution in [-0.2, 0) is 9.47 Å². The summed E-state index contributed by atoms with van der Waals surface area (Å²) in [5.41, 5.74) is 1.13. The third kappa shape index (κ3) is 6.69. The fraction of sp³-hybridized carbons (Fsp3) is 0.316. The highest BCUT2D eigenvalue weighted by atomic mass is 16.6. The standard InChI is InChI=1S/C19H23N3O5/c1-26-12-13-27-11-5-10-20-19(23)15-8-9-17(18(14-15)22(24)25)21-16-6-3-2-4-7-16/h2-4,6-9,14,21H,5,10-13H2,1H3,(H,20,23). The number of para-hydroxylation sites is 1. The summed E-state index contributed by atoms with van der Waals surface area (Å²) in [6, 6.07) is 13.5. The number of nitrogens with one attached hydrogen (secondary N) is 2. The molecule has 0 spiro atoms. The van der Waals surface area contributed by atoms with E-state index in [4.69, 9.17) is 9.47 Å². The second kappa shape index (κ2) is 10.9. The molecule has 0 aliphatic rings. The van der Waals surface area contributed by atoms with Gasteiger partial charge in [-0.2, -0.15) is 0 Å². The second-order valence-electron chi connectivity index (χ2n) is 5.69. The number of hydrogen-bond acceptors (Lipinski definition) is 6. The number of nitro groups is 1. The van der Waals surface area contributed by atoms with Crippen LogP contribution in [0.25, 0.3) is 0 Å². The van der Waals surface area contributed by atoms with Gasteiger partial charge in [-0.15, -0.1) is 0 Å². The molecule has 2 aromatic carbocycles.